The molecular weight excluding hydrogens is 527 g/mol. The first kappa shape index (κ1) is 27.4. The van der Waals surface area contributed by atoms with E-state index in [4.69, 9.17) is 14.2 Å². The molecule has 1 N–H and O–H groups in total. The molecule has 0 spiro atoms. The topological polar surface area (TPSA) is 98.9 Å². The Kier molecular flexibility index (Phi) is 7.29. The molecule has 2 atom stereocenters. The van der Waals surface area contributed by atoms with Crippen molar-refractivity contribution in [2.45, 2.75) is 70.9 Å². The minimum Gasteiger partial charge on any atom is -0.478 e. The van der Waals surface area contributed by atoms with Gasteiger partial charge in [-0.15, -0.1) is 10.2 Å². The summed E-state index contributed by atoms with van der Waals surface area (Å²) in [6.07, 6.45) is 4.46. The van der Waals surface area contributed by atoms with E-state index in [0.717, 1.165) is 55.9 Å². The Balaban J connectivity index is 1.15. The van der Waals surface area contributed by atoms with Crippen LogP contribution in [0, 0.1) is 12.7 Å². The van der Waals surface area contributed by atoms with E-state index in [1.54, 1.807) is 26.0 Å². The number of likely N-dealkylation sites (tertiary alicyclic amines) is 1. The maximum Gasteiger partial charge on any atom is 0.331 e. The molecule has 41 heavy (non-hydrogen) atoms. The number of piperidine rings is 1. The number of aryl methyl sites for hydroxylation is 1. The molecule has 3 aliphatic rings. The Bertz CT molecular complexity index is 1490. The molecule has 2 unspecified atom stereocenters. The molecule has 0 aliphatic carbocycles. The lowest BCUT2D eigenvalue weighted by Crippen LogP contribution is -2.35. The summed E-state index contributed by atoms with van der Waals surface area (Å²) in [6, 6.07) is 11.0. The lowest BCUT2D eigenvalue weighted by Gasteiger charge is -2.33. The number of carboxylic acids is 1. The highest BCUT2D eigenvalue weighted by molar-refractivity contribution is 5.90. The van der Waals surface area contributed by atoms with Crippen LogP contribution in [-0.2, 0) is 28.4 Å². The number of nitrogens with zero attached hydrogens (tertiary/aromatic N) is 4. The Morgan fingerprint density at radius 3 is 2.63 bits per heavy atom. The van der Waals surface area contributed by atoms with Gasteiger partial charge in [-0.3, -0.25) is 4.90 Å². The van der Waals surface area contributed by atoms with Crippen LogP contribution in [-0.4, -0.2) is 56.5 Å². The van der Waals surface area contributed by atoms with E-state index in [9.17, 15) is 14.3 Å². The van der Waals surface area contributed by atoms with E-state index in [1.807, 2.05) is 29.7 Å². The fourth-order valence-electron chi connectivity index (χ4n) is 5.83. The van der Waals surface area contributed by atoms with Crippen LogP contribution in [0.25, 0.3) is 6.08 Å². The first-order valence-electron chi connectivity index (χ1n) is 14.2. The summed E-state index contributed by atoms with van der Waals surface area (Å²) in [5.41, 5.74) is 2.52. The van der Waals surface area contributed by atoms with Gasteiger partial charge in [-0.25, -0.2) is 9.18 Å². The first-order valence-corrected chi connectivity index (χ1v) is 14.2. The highest BCUT2D eigenvalue weighted by atomic mass is 19.1. The van der Waals surface area contributed by atoms with Gasteiger partial charge in [0.15, 0.2) is 17.3 Å². The van der Waals surface area contributed by atoms with Gasteiger partial charge in [0.25, 0.3) is 5.79 Å². The summed E-state index contributed by atoms with van der Waals surface area (Å²) in [5.74, 6) is 0.392. The number of hydrogen-bond donors (Lipinski definition) is 1. The summed E-state index contributed by atoms with van der Waals surface area (Å²) in [7, 11) is 0. The molecule has 9 nitrogen and oxygen atoms in total. The second-order valence-corrected chi connectivity index (χ2v) is 11.4. The smallest absolute Gasteiger partial charge is 0.331 e. The molecule has 1 aromatic heterocycles. The van der Waals surface area contributed by atoms with Gasteiger partial charge in [-0.05, 0) is 82.0 Å². The number of para-hydroxylation sites is 1. The Morgan fingerprint density at radius 2 is 1.95 bits per heavy atom. The van der Waals surface area contributed by atoms with E-state index in [-0.39, 0.29) is 23.4 Å². The minimum absolute atomic E-state index is 0.0919. The lowest BCUT2D eigenvalue weighted by atomic mass is 9.88. The highest BCUT2D eigenvalue weighted by Gasteiger charge is 2.43. The normalized spacial score (nSPS) is 23.0. The third-order valence-corrected chi connectivity index (χ3v) is 8.34. The molecule has 10 heteroatoms. The van der Waals surface area contributed by atoms with Gasteiger partial charge >= 0.3 is 5.97 Å². The molecule has 4 heterocycles. The van der Waals surface area contributed by atoms with Crippen molar-refractivity contribution >= 4 is 12.0 Å². The van der Waals surface area contributed by atoms with Crippen LogP contribution in [0.1, 0.15) is 67.4 Å². The summed E-state index contributed by atoms with van der Waals surface area (Å²) in [5, 5.41) is 18.1. The van der Waals surface area contributed by atoms with Gasteiger partial charge < -0.3 is 23.9 Å². The summed E-state index contributed by atoms with van der Waals surface area (Å²) < 4.78 is 35.1. The van der Waals surface area contributed by atoms with Gasteiger partial charge in [-0.2, -0.15) is 0 Å². The van der Waals surface area contributed by atoms with E-state index in [2.05, 4.69) is 21.2 Å². The molecule has 2 fully saturated rings. The van der Waals surface area contributed by atoms with Gasteiger partial charge in [0, 0.05) is 24.7 Å². The van der Waals surface area contributed by atoms with E-state index >= 15 is 0 Å². The van der Waals surface area contributed by atoms with Crippen LogP contribution in [0.3, 0.4) is 0 Å². The van der Waals surface area contributed by atoms with Crippen LogP contribution in [0.15, 0.2) is 42.0 Å². The number of rotatable bonds is 8. The van der Waals surface area contributed by atoms with E-state index in [1.165, 1.54) is 6.07 Å². The molecule has 0 saturated carbocycles. The highest BCUT2D eigenvalue weighted by Crippen LogP contribution is 2.49. The van der Waals surface area contributed by atoms with Crippen molar-refractivity contribution in [3.8, 4) is 11.5 Å². The predicted molar refractivity (Wildman–Crippen MR) is 149 cm³/mol. The monoisotopic (exact) mass is 562 g/mol. The number of hydrogen-bond acceptors (Lipinski definition) is 7. The van der Waals surface area contributed by atoms with Crippen molar-refractivity contribution in [3.05, 3.63) is 76.1 Å². The quantitative estimate of drug-likeness (QED) is 0.382. The number of aromatic nitrogens is 3. The van der Waals surface area contributed by atoms with Crippen molar-refractivity contribution in [1.82, 2.24) is 19.7 Å². The lowest BCUT2D eigenvalue weighted by molar-refractivity contribution is -0.132. The number of ether oxygens (including phenoxy) is 3. The third-order valence-electron chi connectivity index (χ3n) is 8.34. The largest absolute Gasteiger partial charge is 0.478 e. The molecule has 3 aliphatic heterocycles. The molecule has 2 saturated heterocycles. The second-order valence-electron chi connectivity index (χ2n) is 11.4. The first-order chi connectivity index (χ1) is 19.7. The van der Waals surface area contributed by atoms with Crippen molar-refractivity contribution < 1.29 is 28.5 Å². The number of halogens is 1. The van der Waals surface area contributed by atoms with Gasteiger partial charge in [0.2, 0.25) is 0 Å². The number of fused-ring (bicyclic) bond motifs is 1. The Labute approximate surface area is 238 Å². The van der Waals surface area contributed by atoms with Crippen LogP contribution < -0.4 is 9.47 Å². The standard InChI is InChI=1S/C31H35FN4O5/c1-19-7-8-24(25(32)15-19)31(3)40-26-6-4-5-23(29(26)41-31)21-9-12-35(13-10-21)18-28-34-33-27(16-20(2)30(37)38)36(28)17-22-11-14-39-22/h4-8,15-16,21-22H,9-14,17-18H2,1-3H3,(H,37,38)/b20-16+. The van der Waals surface area contributed by atoms with Gasteiger partial charge in [0.1, 0.15) is 11.6 Å². The molecule has 216 valence electrons. The maximum absolute atomic E-state index is 14.9. The zero-order chi connectivity index (χ0) is 28.7. The van der Waals surface area contributed by atoms with Crippen molar-refractivity contribution in [2.24, 2.45) is 0 Å². The fraction of sp³-hybridized carbons (Fsp3) is 0.452. The molecule has 0 amide bonds. The number of carbonyl (C=O) groups is 1. The third kappa shape index (κ3) is 5.46. The zero-order valence-corrected chi connectivity index (χ0v) is 23.6. The van der Waals surface area contributed by atoms with E-state index in [0.29, 0.717) is 36.0 Å². The second kappa shape index (κ2) is 10.9. The number of aliphatic carboxylic acids is 1. The number of benzene rings is 2. The predicted octanol–water partition coefficient (Wildman–Crippen LogP) is 5.03. The molecule has 3 aromatic rings. The Hall–Kier alpha value is -3.76. The summed E-state index contributed by atoms with van der Waals surface area (Å²) in [6.45, 7) is 8.84. The Morgan fingerprint density at radius 1 is 1.17 bits per heavy atom. The zero-order valence-electron chi connectivity index (χ0n) is 23.6. The molecule has 2 aromatic carbocycles. The average Bonchev–Trinajstić information content (AvgIpc) is 3.46. The summed E-state index contributed by atoms with van der Waals surface area (Å²) >= 11 is 0. The molecule has 0 radical (unpaired) electrons. The van der Waals surface area contributed by atoms with Crippen LogP contribution in [0.5, 0.6) is 11.5 Å². The minimum atomic E-state index is -1.23. The van der Waals surface area contributed by atoms with Crippen LogP contribution in [0.2, 0.25) is 0 Å². The van der Waals surface area contributed by atoms with Crippen LogP contribution >= 0.6 is 0 Å². The molecular formula is C31H35FN4O5. The summed E-state index contributed by atoms with van der Waals surface area (Å²) in [4.78, 5) is 13.7. The fourth-order valence-corrected chi connectivity index (χ4v) is 5.83. The van der Waals surface area contributed by atoms with E-state index < -0.39 is 11.8 Å². The van der Waals surface area contributed by atoms with Crippen molar-refractivity contribution in [3.63, 3.8) is 0 Å². The van der Waals surface area contributed by atoms with Crippen LogP contribution in [0.4, 0.5) is 4.39 Å². The van der Waals surface area contributed by atoms with Crippen molar-refractivity contribution in [2.75, 3.05) is 19.7 Å². The van der Waals surface area contributed by atoms with Gasteiger partial charge in [0.05, 0.1) is 24.8 Å². The number of carboxylic acid groups (broad SMARTS) is 1. The van der Waals surface area contributed by atoms with Gasteiger partial charge in [-0.1, -0.05) is 18.2 Å². The molecule has 0 bridgehead atoms. The average molecular weight is 563 g/mol. The van der Waals surface area contributed by atoms with Crippen molar-refractivity contribution in [1.29, 1.82) is 0 Å². The SMILES string of the molecule is C/C(=C\c1nnc(CN2CCC(c3cccc4c3OC(C)(c3ccc(C)cc3F)O4)CC2)n1CC1CCO1)C(=O)O. The molecule has 6 rings (SSSR count). The maximum atomic E-state index is 14.9.